The molecule has 0 radical (unpaired) electrons. The summed E-state index contributed by atoms with van der Waals surface area (Å²) in [5.41, 5.74) is 0.260. The highest BCUT2D eigenvalue weighted by molar-refractivity contribution is 5.06. The first-order valence-corrected chi connectivity index (χ1v) is 9.78. The van der Waals surface area contributed by atoms with Crippen LogP contribution in [0.2, 0.25) is 0 Å². The Labute approximate surface area is 140 Å². The standard InChI is InChI=1S/C19H33NO3/c1-2-23-18(17(21)13-20-3-5-22-6-4-20)19-10-14-7-15(11-19)9-16(8-14)12-19/h14-18,21H,2-13H2,1H3. The Morgan fingerprint density at radius 2 is 1.65 bits per heavy atom. The summed E-state index contributed by atoms with van der Waals surface area (Å²) in [4.78, 5) is 2.35. The van der Waals surface area contributed by atoms with Gasteiger partial charge in [0, 0.05) is 26.2 Å². The number of morpholine rings is 1. The molecule has 0 aromatic rings. The van der Waals surface area contributed by atoms with Crippen molar-refractivity contribution in [3.05, 3.63) is 0 Å². The second-order valence-corrected chi connectivity index (χ2v) is 8.64. The molecule has 4 nitrogen and oxygen atoms in total. The molecule has 4 aliphatic carbocycles. The molecule has 0 aromatic carbocycles. The predicted molar refractivity (Wildman–Crippen MR) is 89.3 cm³/mol. The van der Waals surface area contributed by atoms with Crippen LogP contribution in [0.25, 0.3) is 0 Å². The number of aliphatic hydroxyl groups is 1. The Balaban J connectivity index is 1.48. The van der Waals surface area contributed by atoms with Gasteiger partial charge in [-0.25, -0.2) is 0 Å². The Morgan fingerprint density at radius 1 is 1.09 bits per heavy atom. The van der Waals surface area contributed by atoms with Gasteiger partial charge < -0.3 is 14.6 Å². The van der Waals surface area contributed by atoms with E-state index in [1.54, 1.807) is 0 Å². The fourth-order valence-corrected chi connectivity index (χ4v) is 6.55. The molecule has 1 N–H and O–H groups in total. The number of hydrogen-bond acceptors (Lipinski definition) is 4. The van der Waals surface area contributed by atoms with Gasteiger partial charge in [0.2, 0.25) is 0 Å². The van der Waals surface area contributed by atoms with E-state index in [2.05, 4.69) is 11.8 Å². The number of β-amino-alcohol motifs (C(OH)–C–C–N with tert-alkyl or cyclic N) is 1. The van der Waals surface area contributed by atoms with E-state index < -0.39 is 0 Å². The molecule has 2 unspecified atom stereocenters. The van der Waals surface area contributed by atoms with Crippen molar-refractivity contribution in [2.75, 3.05) is 39.5 Å². The third-order valence-corrected chi connectivity index (χ3v) is 6.93. The van der Waals surface area contributed by atoms with Crippen LogP contribution in [0, 0.1) is 23.2 Å². The highest BCUT2D eigenvalue weighted by atomic mass is 16.5. The lowest BCUT2D eigenvalue weighted by Crippen LogP contribution is -2.58. The summed E-state index contributed by atoms with van der Waals surface area (Å²) in [6.07, 6.45) is 7.89. The highest BCUT2D eigenvalue weighted by Crippen LogP contribution is 2.62. The number of rotatable bonds is 6. The van der Waals surface area contributed by atoms with Crippen molar-refractivity contribution in [2.24, 2.45) is 23.2 Å². The third kappa shape index (κ3) is 3.20. The lowest BCUT2D eigenvalue weighted by molar-refractivity contribution is -0.179. The lowest BCUT2D eigenvalue weighted by Gasteiger charge is -2.59. The average Bonchev–Trinajstić information content (AvgIpc) is 2.52. The predicted octanol–water partition coefficient (Wildman–Crippen LogP) is 2.30. The lowest BCUT2D eigenvalue weighted by atomic mass is 9.47. The van der Waals surface area contributed by atoms with Crippen LogP contribution in [0.1, 0.15) is 45.4 Å². The molecule has 2 atom stereocenters. The summed E-state index contributed by atoms with van der Waals surface area (Å²) < 4.78 is 11.7. The molecule has 0 aromatic heterocycles. The van der Waals surface area contributed by atoms with E-state index in [1.807, 2.05) is 0 Å². The van der Waals surface area contributed by atoms with Gasteiger partial charge in [-0.1, -0.05) is 0 Å². The van der Waals surface area contributed by atoms with E-state index in [-0.39, 0.29) is 17.6 Å². The van der Waals surface area contributed by atoms with Gasteiger partial charge in [0.1, 0.15) is 0 Å². The van der Waals surface area contributed by atoms with E-state index >= 15 is 0 Å². The van der Waals surface area contributed by atoms with Gasteiger partial charge >= 0.3 is 0 Å². The Morgan fingerprint density at radius 3 is 2.17 bits per heavy atom. The minimum atomic E-state index is -0.357. The van der Waals surface area contributed by atoms with E-state index in [0.29, 0.717) is 6.61 Å². The quantitative estimate of drug-likeness (QED) is 0.814. The molecular formula is C19H33NO3. The highest BCUT2D eigenvalue weighted by Gasteiger charge is 2.56. The number of hydrogen-bond donors (Lipinski definition) is 1. The molecule has 5 aliphatic rings. The molecule has 132 valence electrons. The van der Waals surface area contributed by atoms with Crippen LogP contribution < -0.4 is 0 Å². The van der Waals surface area contributed by atoms with Gasteiger partial charge in [-0.3, -0.25) is 4.90 Å². The van der Waals surface area contributed by atoms with Crippen LogP contribution in [-0.4, -0.2) is 61.7 Å². The molecule has 1 heterocycles. The van der Waals surface area contributed by atoms with Gasteiger partial charge in [-0.2, -0.15) is 0 Å². The molecule has 5 fully saturated rings. The Hall–Kier alpha value is -0.160. The monoisotopic (exact) mass is 323 g/mol. The SMILES string of the molecule is CCOC(C(O)CN1CCOCC1)C12CC3CC(CC(C3)C1)C2. The molecule has 23 heavy (non-hydrogen) atoms. The first-order chi connectivity index (χ1) is 11.2. The minimum Gasteiger partial charge on any atom is -0.389 e. The first kappa shape index (κ1) is 16.3. The van der Waals surface area contributed by atoms with Crippen LogP contribution in [-0.2, 0) is 9.47 Å². The van der Waals surface area contributed by atoms with Gasteiger partial charge in [0.15, 0.2) is 0 Å². The van der Waals surface area contributed by atoms with E-state index in [4.69, 9.17) is 9.47 Å². The molecule has 1 aliphatic heterocycles. The summed E-state index contributed by atoms with van der Waals surface area (Å²) in [6.45, 7) is 7.01. The zero-order valence-corrected chi connectivity index (χ0v) is 14.6. The summed E-state index contributed by atoms with van der Waals surface area (Å²) >= 11 is 0. The van der Waals surface area contributed by atoms with E-state index in [9.17, 15) is 5.11 Å². The van der Waals surface area contributed by atoms with Crippen molar-refractivity contribution in [1.82, 2.24) is 4.90 Å². The van der Waals surface area contributed by atoms with Crippen LogP contribution >= 0.6 is 0 Å². The van der Waals surface area contributed by atoms with Crippen LogP contribution in [0.3, 0.4) is 0 Å². The topological polar surface area (TPSA) is 41.9 Å². The number of nitrogens with zero attached hydrogens (tertiary/aromatic N) is 1. The normalized spacial score (nSPS) is 42.8. The Kier molecular flexibility index (Phi) is 4.70. The molecule has 4 bridgehead atoms. The fraction of sp³-hybridized carbons (Fsp3) is 1.00. The summed E-state index contributed by atoms with van der Waals surface area (Å²) in [5.74, 6) is 2.71. The first-order valence-electron chi connectivity index (χ1n) is 9.78. The molecular weight excluding hydrogens is 290 g/mol. The van der Waals surface area contributed by atoms with E-state index in [0.717, 1.165) is 50.6 Å². The maximum atomic E-state index is 11.0. The number of ether oxygens (including phenoxy) is 2. The maximum Gasteiger partial charge on any atom is 0.0933 e. The van der Waals surface area contributed by atoms with Crippen molar-refractivity contribution >= 4 is 0 Å². The van der Waals surface area contributed by atoms with Crippen molar-refractivity contribution in [3.8, 4) is 0 Å². The van der Waals surface area contributed by atoms with Crippen molar-refractivity contribution in [3.63, 3.8) is 0 Å². The molecule has 5 rings (SSSR count). The molecule has 0 amide bonds. The molecule has 1 saturated heterocycles. The van der Waals surface area contributed by atoms with Crippen LogP contribution in [0.15, 0.2) is 0 Å². The zero-order chi connectivity index (χ0) is 15.9. The molecule has 4 saturated carbocycles. The summed E-state index contributed by atoms with van der Waals surface area (Å²) in [6, 6.07) is 0. The second kappa shape index (κ2) is 6.62. The summed E-state index contributed by atoms with van der Waals surface area (Å²) in [5, 5.41) is 11.0. The average molecular weight is 323 g/mol. The molecule has 4 heteroatoms. The largest absolute Gasteiger partial charge is 0.389 e. The second-order valence-electron chi connectivity index (χ2n) is 8.64. The number of aliphatic hydroxyl groups excluding tert-OH is 1. The third-order valence-electron chi connectivity index (χ3n) is 6.93. The minimum absolute atomic E-state index is 0.0312. The summed E-state index contributed by atoms with van der Waals surface area (Å²) in [7, 11) is 0. The van der Waals surface area contributed by atoms with Crippen molar-refractivity contribution < 1.29 is 14.6 Å². The fourth-order valence-electron chi connectivity index (χ4n) is 6.55. The van der Waals surface area contributed by atoms with Crippen molar-refractivity contribution in [1.29, 1.82) is 0 Å². The van der Waals surface area contributed by atoms with Crippen LogP contribution in [0.4, 0.5) is 0 Å². The van der Waals surface area contributed by atoms with Gasteiger partial charge in [-0.15, -0.1) is 0 Å². The maximum absolute atomic E-state index is 11.0. The van der Waals surface area contributed by atoms with E-state index in [1.165, 1.54) is 38.5 Å². The molecule has 0 spiro atoms. The van der Waals surface area contributed by atoms with Gasteiger partial charge in [0.25, 0.3) is 0 Å². The Bertz CT molecular complexity index is 372. The van der Waals surface area contributed by atoms with Crippen LogP contribution in [0.5, 0.6) is 0 Å². The zero-order valence-electron chi connectivity index (χ0n) is 14.6. The van der Waals surface area contributed by atoms with Gasteiger partial charge in [-0.05, 0) is 68.6 Å². The van der Waals surface area contributed by atoms with Gasteiger partial charge in [0.05, 0.1) is 25.4 Å². The van der Waals surface area contributed by atoms with Crippen molar-refractivity contribution in [2.45, 2.75) is 57.7 Å². The smallest absolute Gasteiger partial charge is 0.0933 e.